The summed E-state index contributed by atoms with van der Waals surface area (Å²) in [4.78, 5) is 25.2. The molecule has 4 unspecified atom stereocenters. The van der Waals surface area contributed by atoms with E-state index in [4.69, 9.17) is 5.11 Å². The molecular formula is C15H26N2O3. The number of carbonyl (C=O) groups is 2. The van der Waals surface area contributed by atoms with Crippen molar-refractivity contribution in [3.8, 4) is 0 Å². The number of nitrogens with one attached hydrogen (secondary N) is 1. The lowest BCUT2D eigenvalue weighted by atomic mass is 9.86. The summed E-state index contributed by atoms with van der Waals surface area (Å²) in [6.45, 7) is 4.69. The highest BCUT2D eigenvalue weighted by molar-refractivity contribution is 5.76. The van der Waals surface area contributed by atoms with Gasteiger partial charge in [-0.25, -0.2) is 4.79 Å². The average molecular weight is 282 g/mol. The fourth-order valence-electron chi connectivity index (χ4n) is 3.47. The van der Waals surface area contributed by atoms with Crippen LogP contribution in [0, 0.1) is 11.8 Å². The number of urea groups is 1. The summed E-state index contributed by atoms with van der Waals surface area (Å²) in [6, 6.07) is 0.268. The van der Waals surface area contributed by atoms with Crippen molar-refractivity contribution < 1.29 is 14.7 Å². The third-order valence-electron chi connectivity index (χ3n) is 4.91. The molecule has 0 aromatic heterocycles. The zero-order chi connectivity index (χ0) is 14.7. The number of piperidine rings is 1. The first-order valence-electron chi connectivity index (χ1n) is 7.79. The van der Waals surface area contributed by atoms with Crippen LogP contribution in [0.4, 0.5) is 4.79 Å². The molecule has 0 aromatic carbocycles. The molecule has 0 radical (unpaired) electrons. The number of likely N-dealkylation sites (tertiary alicyclic amines) is 1. The molecule has 1 saturated heterocycles. The molecule has 5 heteroatoms. The number of carbonyl (C=O) groups excluding carboxylic acids is 1. The van der Waals surface area contributed by atoms with Gasteiger partial charge in [0.05, 0.1) is 5.92 Å². The minimum absolute atomic E-state index is 0.00347. The van der Waals surface area contributed by atoms with Gasteiger partial charge < -0.3 is 15.3 Å². The van der Waals surface area contributed by atoms with Crippen molar-refractivity contribution >= 4 is 12.0 Å². The Balaban J connectivity index is 1.88. The number of amides is 2. The number of carboxylic acid groups (broad SMARTS) is 1. The van der Waals surface area contributed by atoms with E-state index in [-0.39, 0.29) is 24.0 Å². The van der Waals surface area contributed by atoms with Gasteiger partial charge in [0.1, 0.15) is 0 Å². The first-order valence-corrected chi connectivity index (χ1v) is 7.79. The Bertz CT molecular complexity index is 372. The molecule has 2 N–H and O–H groups in total. The van der Waals surface area contributed by atoms with Crippen LogP contribution in [0.3, 0.4) is 0 Å². The summed E-state index contributed by atoms with van der Waals surface area (Å²) in [5.41, 5.74) is 0. The fourth-order valence-corrected chi connectivity index (χ4v) is 3.47. The molecule has 5 nitrogen and oxygen atoms in total. The Morgan fingerprint density at radius 3 is 2.45 bits per heavy atom. The van der Waals surface area contributed by atoms with Crippen molar-refractivity contribution in [2.75, 3.05) is 6.54 Å². The molecule has 1 saturated carbocycles. The van der Waals surface area contributed by atoms with Gasteiger partial charge >= 0.3 is 12.0 Å². The number of hydrogen-bond donors (Lipinski definition) is 2. The minimum atomic E-state index is -0.738. The summed E-state index contributed by atoms with van der Waals surface area (Å²) in [5, 5.41) is 12.2. The lowest BCUT2D eigenvalue weighted by molar-refractivity contribution is -0.143. The number of aliphatic carboxylic acids is 1. The van der Waals surface area contributed by atoms with E-state index >= 15 is 0 Å². The van der Waals surface area contributed by atoms with Gasteiger partial charge in [-0.05, 0) is 38.5 Å². The predicted molar refractivity (Wildman–Crippen MR) is 76.5 cm³/mol. The third kappa shape index (κ3) is 3.44. The van der Waals surface area contributed by atoms with E-state index < -0.39 is 5.97 Å². The Hall–Kier alpha value is -1.26. The Morgan fingerprint density at radius 2 is 1.85 bits per heavy atom. The van der Waals surface area contributed by atoms with Crippen molar-refractivity contribution in [2.45, 2.75) is 64.5 Å². The molecular weight excluding hydrogens is 256 g/mol. The summed E-state index contributed by atoms with van der Waals surface area (Å²) < 4.78 is 0. The van der Waals surface area contributed by atoms with E-state index in [1.165, 1.54) is 19.3 Å². The Kier molecular flexibility index (Phi) is 4.89. The first kappa shape index (κ1) is 15.1. The second-order valence-electron chi connectivity index (χ2n) is 6.42. The topological polar surface area (TPSA) is 69.6 Å². The number of hydrogen-bond acceptors (Lipinski definition) is 2. The molecule has 2 aliphatic rings. The maximum atomic E-state index is 12.4. The third-order valence-corrected chi connectivity index (χ3v) is 4.91. The van der Waals surface area contributed by atoms with Crippen LogP contribution in [-0.4, -0.2) is 40.6 Å². The number of nitrogens with zero attached hydrogens (tertiary/aromatic N) is 1. The van der Waals surface area contributed by atoms with Crippen LogP contribution < -0.4 is 5.32 Å². The molecule has 0 bridgehead atoms. The van der Waals surface area contributed by atoms with Gasteiger partial charge in [0, 0.05) is 18.6 Å². The summed E-state index contributed by atoms with van der Waals surface area (Å²) in [5.74, 6) is -0.500. The van der Waals surface area contributed by atoms with E-state index in [1.54, 1.807) is 4.90 Å². The van der Waals surface area contributed by atoms with E-state index in [9.17, 15) is 9.59 Å². The second kappa shape index (κ2) is 6.46. The van der Waals surface area contributed by atoms with Gasteiger partial charge in [0.2, 0.25) is 0 Å². The van der Waals surface area contributed by atoms with Crippen LogP contribution in [0.5, 0.6) is 0 Å². The average Bonchev–Trinajstić information content (AvgIpc) is 2.41. The lowest BCUT2D eigenvalue weighted by Gasteiger charge is -2.38. The van der Waals surface area contributed by atoms with Crippen molar-refractivity contribution in [2.24, 2.45) is 11.8 Å². The molecule has 114 valence electrons. The predicted octanol–water partition coefficient (Wildman–Crippen LogP) is 2.46. The highest BCUT2D eigenvalue weighted by Gasteiger charge is 2.33. The highest BCUT2D eigenvalue weighted by atomic mass is 16.4. The molecule has 4 atom stereocenters. The summed E-state index contributed by atoms with van der Waals surface area (Å²) in [6.07, 6.45) is 5.81. The van der Waals surface area contributed by atoms with Crippen LogP contribution in [-0.2, 0) is 4.79 Å². The zero-order valence-electron chi connectivity index (χ0n) is 12.5. The Morgan fingerprint density at radius 1 is 1.15 bits per heavy atom. The van der Waals surface area contributed by atoms with E-state index in [0.29, 0.717) is 25.3 Å². The molecule has 1 aliphatic heterocycles. The van der Waals surface area contributed by atoms with E-state index in [0.717, 1.165) is 6.42 Å². The van der Waals surface area contributed by atoms with Crippen LogP contribution >= 0.6 is 0 Å². The standard InChI is InChI=1S/C15H26N2O3/c1-10-5-3-4-6-13(10)16-15(20)17-8-7-12(14(18)19)9-11(17)2/h10-13H,3-9H2,1-2H3,(H,16,20)(H,18,19). The maximum absolute atomic E-state index is 12.4. The number of carboxylic acids is 1. The molecule has 2 fully saturated rings. The van der Waals surface area contributed by atoms with Crippen molar-refractivity contribution in [3.05, 3.63) is 0 Å². The van der Waals surface area contributed by atoms with Gasteiger partial charge in [-0.3, -0.25) is 4.79 Å². The molecule has 1 heterocycles. The van der Waals surface area contributed by atoms with Crippen LogP contribution in [0.1, 0.15) is 52.4 Å². The van der Waals surface area contributed by atoms with Crippen molar-refractivity contribution in [3.63, 3.8) is 0 Å². The van der Waals surface area contributed by atoms with E-state index in [1.807, 2.05) is 6.92 Å². The van der Waals surface area contributed by atoms with Gasteiger partial charge in [-0.1, -0.05) is 19.8 Å². The van der Waals surface area contributed by atoms with Crippen LogP contribution in [0.15, 0.2) is 0 Å². The minimum Gasteiger partial charge on any atom is -0.481 e. The lowest BCUT2D eigenvalue weighted by Crippen LogP contribution is -2.53. The van der Waals surface area contributed by atoms with Crippen molar-refractivity contribution in [1.82, 2.24) is 10.2 Å². The molecule has 2 rings (SSSR count). The smallest absolute Gasteiger partial charge is 0.317 e. The maximum Gasteiger partial charge on any atom is 0.317 e. The van der Waals surface area contributed by atoms with Crippen LogP contribution in [0.2, 0.25) is 0 Å². The molecule has 20 heavy (non-hydrogen) atoms. The van der Waals surface area contributed by atoms with E-state index in [2.05, 4.69) is 12.2 Å². The molecule has 2 amide bonds. The largest absolute Gasteiger partial charge is 0.481 e. The zero-order valence-corrected chi connectivity index (χ0v) is 12.5. The fraction of sp³-hybridized carbons (Fsp3) is 0.867. The number of rotatable bonds is 2. The quantitative estimate of drug-likeness (QED) is 0.817. The normalized spacial score (nSPS) is 34.6. The second-order valence-corrected chi connectivity index (χ2v) is 6.42. The Labute approximate surface area is 120 Å². The summed E-state index contributed by atoms with van der Waals surface area (Å²) in [7, 11) is 0. The molecule has 1 aliphatic carbocycles. The van der Waals surface area contributed by atoms with Crippen LogP contribution in [0.25, 0.3) is 0 Å². The molecule has 0 aromatic rings. The highest BCUT2D eigenvalue weighted by Crippen LogP contribution is 2.26. The van der Waals surface area contributed by atoms with Gasteiger partial charge in [0.25, 0.3) is 0 Å². The van der Waals surface area contributed by atoms with Gasteiger partial charge in [0.15, 0.2) is 0 Å². The molecule has 0 spiro atoms. The monoisotopic (exact) mass is 282 g/mol. The van der Waals surface area contributed by atoms with Crippen molar-refractivity contribution in [1.29, 1.82) is 0 Å². The summed E-state index contributed by atoms with van der Waals surface area (Å²) >= 11 is 0. The van der Waals surface area contributed by atoms with Gasteiger partial charge in [-0.15, -0.1) is 0 Å². The first-order chi connectivity index (χ1) is 9.49. The van der Waals surface area contributed by atoms with Gasteiger partial charge in [-0.2, -0.15) is 0 Å². The SMILES string of the molecule is CC1CCCCC1NC(=O)N1CCC(C(=O)O)CC1C.